The number of allylic oxidation sites excluding steroid dienone is 4. The summed E-state index contributed by atoms with van der Waals surface area (Å²) in [6.07, 6.45) is 9.59. The summed E-state index contributed by atoms with van der Waals surface area (Å²) in [5.41, 5.74) is 1.96. The number of carbonyl (C=O) groups is 2. The van der Waals surface area contributed by atoms with Gasteiger partial charge < -0.3 is 9.47 Å². The molecule has 24 heavy (non-hydrogen) atoms. The first-order chi connectivity index (χ1) is 11.6. The Balaban J connectivity index is 2.59. The summed E-state index contributed by atoms with van der Waals surface area (Å²) in [6.45, 7) is 10.5. The van der Waals surface area contributed by atoms with Crippen LogP contribution < -0.4 is 0 Å². The van der Waals surface area contributed by atoms with Gasteiger partial charge >= 0.3 is 11.9 Å². The van der Waals surface area contributed by atoms with Crippen LogP contribution in [0.3, 0.4) is 0 Å². The number of hydrogen-bond acceptors (Lipinski definition) is 4. The Labute approximate surface area is 142 Å². The second-order valence-corrected chi connectivity index (χ2v) is 4.66. The molecule has 0 aromatic heterocycles. The van der Waals surface area contributed by atoms with E-state index in [-0.39, 0.29) is 6.61 Å². The topological polar surface area (TPSA) is 52.6 Å². The van der Waals surface area contributed by atoms with E-state index in [4.69, 9.17) is 9.47 Å². The van der Waals surface area contributed by atoms with Crippen molar-refractivity contribution < 1.29 is 19.1 Å². The van der Waals surface area contributed by atoms with Crippen LogP contribution in [0.4, 0.5) is 0 Å². The highest BCUT2D eigenvalue weighted by Crippen LogP contribution is 2.09. The summed E-state index contributed by atoms with van der Waals surface area (Å²) in [4.78, 5) is 22.2. The smallest absolute Gasteiger partial charge is 0.335 e. The largest absolute Gasteiger partial charge is 0.458 e. The van der Waals surface area contributed by atoms with E-state index in [2.05, 4.69) is 19.7 Å². The molecule has 0 spiro atoms. The Morgan fingerprint density at radius 3 is 2.17 bits per heavy atom. The maximum absolute atomic E-state index is 11.2. The van der Waals surface area contributed by atoms with Gasteiger partial charge in [0.15, 0.2) is 0 Å². The molecule has 0 saturated heterocycles. The van der Waals surface area contributed by atoms with E-state index in [0.29, 0.717) is 12.2 Å². The minimum absolute atomic E-state index is 0.213. The molecule has 0 atom stereocenters. The lowest BCUT2D eigenvalue weighted by Gasteiger charge is -2.04. The second-order valence-electron chi connectivity index (χ2n) is 4.66. The highest BCUT2D eigenvalue weighted by Gasteiger charge is 2.00. The van der Waals surface area contributed by atoms with Crippen molar-refractivity contribution in [2.45, 2.75) is 13.0 Å². The summed E-state index contributed by atoms with van der Waals surface area (Å²) in [6, 6.07) is 7.65. The van der Waals surface area contributed by atoms with E-state index in [1.54, 1.807) is 12.2 Å². The third kappa shape index (κ3) is 7.22. The Bertz CT molecular complexity index is 663. The van der Waals surface area contributed by atoms with E-state index < -0.39 is 11.9 Å². The van der Waals surface area contributed by atoms with Crippen LogP contribution in [-0.4, -0.2) is 11.9 Å². The minimum Gasteiger partial charge on any atom is -0.458 e. The molecule has 4 nitrogen and oxygen atoms in total. The van der Waals surface area contributed by atoms with E-state index >= 15 is 0 Å². The van der Waals surface area contributed by atoms with Gasteiger partial charge in [0.2, 0.25) is 0 Å². The first kappa shape index (κ1) is 18.9. The van der Waals surface area contributed by atoms with E-state index in [1.807, 2.05) is 30.3 Å². The van der Waals surface area contributed by atoms with Crippen molar-refractivity contribution in [3.8, 4) is 0 Å². The van der Waals surface area contributed by atoms with Crippen LogP contribution in [0.5, 0.6) is 0 Å². The molecule has 0 amide bonds. The summed E-state index contributed by atoms with van der Waals surface area (Å²) >= 11 is 0. The first-order valence-electron chi connectivity index (χ1n) is 7.29. The molecule has 0 bridgehead atoms. The fourth-order valence-corrected chi connectivity index (χ4v) is 1.69. The van der Waals surface area contributed by atoms with Crippen molar-refractivity contribution >= 4 is 11.9 Å². The number of rotatable bonds is 9. The number of hydrogen-bond donors (Lipinski definition) is 0. The van der Waals surface area contributed by atoms with Gasteiger partial charge in [0, 0.05) is 12.2 Å². The molecule has 0 heterocycles. The van der Waals surface area contributed by atoms with Crippen molar-refractivity contribution in [3.05, 3.63) is 97.3 Å². The molecular weight excluding hydrogens is 304 g/mol. The van der Waals surface area contributed by atoms with Gasteiger partial charge in [-0.15, -0.1) is 0 Å². The molecule has 4 heteroatoms. The highest BCUT2D eigenvalue weighted by atomic mass is 16.5. The van der Waals surface area contributed by atoms with E-state index in [0.717, 1.165) is 23.3 Å². The third-order valence-electron chi connectivity index (χ3n) is 2.87. The van der Waals surface area contributed by atoms with Gasteiger partial charge in [0.1, 0.15) is 12.4 Å². The number of benzene rings is 1. The van der Waals surface area contributed by atoms with E-state index in [1.165, 1.54) is 6.08 Å². The molecule has 1 aromatic rings. The van der Waals surface area contributed by atoms with Crippen LogP contribution in [0, 0.1) is 0 Å². The van der Waals surface area contributed by atoms with Crippen LogP contribution in [0.15, 0.2) is 86.2 Å². The zero-order valence-electron chi connectivity index (χ0n) is 13.4. The molecule has 1 rings (SSSR count). The molecule has 0 aliphatic rings. The predicted molar refractivity (Wildman–Crippen MR) is 93.8 cm³/mol. The van der Waals surface area contributed by atoms with Gasteiger partial charge in [-0.2, -0.15) is 0 Å². The summed E-state index contributed by atoms with van der Waals surface area (Å²) in [5, 5.41) is 0. The summed E-state index contributed by atoms with van der Waals surface area (Å²) in [7, 11) is 0. The normalized spacial score (nSPS) is 10.9. The maximum atomic E-state index is 11.2. The molecule has 0 aliphatic heterocycles. The third-order valence-corrected chi connectivity index (χ3v) is 2.87. The standard InChI is InChI=1S/C20H20O4/c1-4-8-18(24-20(22)6-3)10-7-9-16-11-13-17(14-12-16)15-23-19(21)5-2/h4-8,10-14H,1-3,9,15H2/b10-7-,18-8+. The van der Waals surface area contributed by atoms with Gasteiger partial charge in [-0.05, 0) is 29.7 Å². The zero-order valence-corrected chi connectivity index (χ0v) is 13.4. The zero-order chi connectivity index (χ0) is 17.8. The van der Waals surface area contributed by atoms with Crippen molar-refractivity contribution in [2.24, 2.45) is 0 Å². The van der Waals surface area contributed by atoms with Gasteiger partial charge in [0.05, 0.1) is 0 Å². The Kier molecular flexibility index (Phi) is 8.32. The fraction of sp³-hybridized carbons (Fsp3) is 0.100. The van der Waals surface area contributed by atoms with Crippen molar-refractivity contribution in [2.75, 3.05) is 0 Å². The lowest BCUT2D eigenvalue weighted by molar-refractivity contribution is -0.139. The van der Waals surface area contributed by atoms with Crippen LogP contribution in [0.1, 0.15) is 11.1 Å². The van der Waals surface area contributed by atoms with Crippen LogP contribution in [0.25, 0.3) is 0 Å². The number of ether oxygens (including phenoxy) is 2. The number of carbonyl (C=O) groups excluding carboxylic acids is 2. The average molecular weight is 324 g/mol. The highest BCUT2D eigenvalue weighted by molar-refractivity contribution is 5.82. The van der Waals surface area contributed by atoms with Gasteiger partial charge in [-0.1, -0.05) is 56.2 Å². The molecule has 0 unspecified atom stereocenters. The Morgan fingerprint density at radius 2 is 1.58 bits per heavy atom. The van der Waals surface area contributed by atoms with Crippen LogP contribution in [-0.2, 0) is 32.1 Å². The molecular formula is C20H20O4. The molecule has 124 valence electrons. The van der Waals surface area contributed by atoms with Gasteiger partial charge in [-0.25, -0.2) is 9.59 Å². The van der Waals surface area contributed by atoms with Crippen molar-refractivity contribution in [3.63, 3.8) is 0 Å². The molecule has 0 aliphatic carbocycles. The summed E-state index contributed by atoms with van der Waals surface area (Å²) < 4.78 is 10.0. The quantitative estimate of drug-likeness (QED) is 0.300. The van der Waals surface area contributed by atoms with E-state index in [9.17, 15) is 9.59 Å². The Morgan fingerprint density at radius 1 is 0.958 bits per heavy atom. The maximum Gasteiger partial charge on any atom is 0.335 e. The minimum atomic E-state index is -0.522. The first-order valence-corrected chi connectivity index (χ1v) is 7.29. The average Bonchev–Trinajstić information content (AvgIpc) is 2.60. The van der Waals surface area contributed by atoms with Gasteiger partial charge in [0.25, 0.3) is 0 Å². The molecule has 0 radical (unpaired) electrons. The molecule has 0 fully saturated rings. The van der Waals surface area contributed by atoms with Crippen molar-refractivity contribution in [1.82, 2.24) is 0 Å². The fourth-order valence-electron chi connectivity index (χ4n) is 1.69. The molecule has 0 N–H and O–H groups in total. The molecule has 1 aromatic carbocycles. The van der Waals surface area contributed by atoms with Gasteiger partial charge in [-0.3, -0.25) is 0 Å². The van der Waals surface area contributed by atoms with Crippen molar-refractivity contribution in [1.29, 1.82) is 0 Å². The lowest BCUT2D eigenvalue weighted by atomic mass is 10.1. The SMILES string of the molecule is C=C/C=C(\C=C/Cc1ccc(COC(=O)C=C)cc1)OC(=O)C=C. The summed E-state index contributed by atoms with van der Waals surface area (Å²) in [5.74, 6) is -0.577. The van der Waals surface area contributed by atoms with Crippen LogP contribution >= 0.6 is 0 Å². The second kappa shape index (κ2) is 10.6. The van der Waals surface area contributed by atoms with Crippen LogP contribution in [0.2, 0.25) is 0 Å². The number of esters is 2. The predicted octanol–water partition coefficient (Wildman–Crippen LogP) is 3.81. The monoisotopic (exact) mass is 324 g/mol. The Hall–Kier alpha value is -3.14. The molecule has 0 saturated carbocycles. The lowest BCUT2D eigenvalue weighted by Crippen LogP contribution is -2.00.